The molecule has 116 valence electrons. The lowest BCUT2D eigenvalue weighted by Gasteiger charge is -2.42. The van der Waals surface area contributed by atoms with E-state index in [1.165, 1.54) is 0 Å². The van der Waals surface area contributed by atoms with Gasteiger partial charge in [0, 0.05) is 31.6 Å². The highest BCUT2D eigenvalue weighted by molar-refractivity contribution is 5.77. The summed E-state index contributed by atoms with van der Waals surface area (Å²) in [6.45, 7) is 8.09. The number of nitrogens with two attached hydrogens (primary N) is 1. The van der Waals surface area contributed by atoms with Crippen LogP contribution >= 0.6 is 0 Å². The second-order valence-electron chi connectivity index (χ2n) is 6.57. The van der Waals surface area contributed by atoms with Crippen molar-refractivity contribution in [2.45, 2.75) is 52.1 Å². The largest absolute Gasteiger partial charge is 0.394 e. The molecule has 3 N–H and O–H groups in total. The third-order valence-electron chi connectivity index (χ3n) is 4.72. The number of aromatic nitrogens is 2. The molecule has 1 amide bonds. The van der Waals surface area contributed by atoms with Gasteiger partial charge in [-0.05, 0) is 39.5 Å². The smallest absolute Gasteiger partial charge is 0.220 e. The Bertz CT molecular complexity index is 551. The molecule has 2 saturated heterocycles. The molecule has 2 aliphatic rings. The Labute approximate surface area is 125 Å². The predicted molar refractivity (Wildman–Crippen MR) is 83.2 cm³/mol. The van der Waals surface area contributed by atoms with Gasteiger partial charge in [-0.2, -0.15) is 5.10 Å². The second kappa shape index (κ2) is 5.24. The maximum atomic E-state index is 11.5. The third-order valence-corrected chi connectivity index (χ3v) is 4.72. The zero-order valence-electron chi connectivity index (χ0n) is 13.1. The first-order valence-corrected chi connectivity index (χ1v) is 7.86. The van der Waals surface area contributed by atoms with Gasteiger partial charge in [-0.25, -0.2) is 4.68 Å². The lowest BCUT2D eigenvalue weighted by Crippen LogP contribution is -2.54. The Morgan fingerprint density at radius 3 is 2.86 bits per heavy atom. The lowest BCUT2D eigenvalue weighted by atomic mass is 9.85. The number of anilines is 2. The lowest BCUT2D eigenvalue weighted by molar-refractivity contribution is -0.124. The van der Waals surface area contributed by atoms with Crippen LogP contribution in [0, 0.1) is 12.8 Å². The maximum Gasteiger partial charge on any atom is 0.220 e. The summed E-state index contributed by atoms with van der Waals surface area (Å²) in [6.07, 6.45) is 2.60. The minimum atomic E-state index is 0.201. The van der Waals surface area contributed by atoms with E-state index >= 15 is 0 Å². The molecule has 0 aliphatic carbocycles. The Balaban J connectivity index is 1.84. The summed E-state index contributed by atoms with van der Waals surface area (Å²) < 4.78 is 2.03. The molecule has 6 nitrogen and oxygen atoms in total. The summed E-state index contributed by atoms with van der Waals surface area (Å²) in [5.74, 6) is 1.77. The molecule has 2 fully saturated rings. The monoisotopic (exact) mass is 291 g/mol. The van der Waals surface area contributed by atoms with E-state index in [0.717, 1.165) is 43.1 Å². The molecule has 0 radical (unpaired) electrons. The van der Waals surface area contributed by atoms with Gasteiger partial charge < -0.3 is 16.0 Å². The number of nitrogens with one attached hydrogen (secondary N) is 1. The van der Waals surface area contributed by atoms with Crippen molar-refractivity contribution in [3.8, 4) is 0 Å². The molecule has 1 aromatic heterocycles. The van der Waals surface area contributed by atoms with E-state index in [1.54, 1.807) is 0 Å². The van der Waals surface area contributed by atoms with Crippen molar-refractivity contribution >= 4 is 17.4 Å². The minimum Gasteiger partial charge on any atom is -0.394 e. The van der Waals surface area contributed by atoms with Gasteiger partial charge in [-0.1, -0.05) is 0 Å². The van der Waals surface area contributed by atoms with Crippen LogP contribution in [0.5, 0.6) is 0 Å². The van der Waals surface area contributed by atoms with Gasteiger partial charge in [0.25, 0.3) is 0 Å². The third kappa shape index (κ3) is 2.47. The van der Waals surface area contributed by atoms with Gasteiger partial charge in [0.15, 0.2) is 5.82 Å². The van der Waals surface area contributed by atoms with Crippen molar-refractivity contribution in [1.29, 1.82) is 0 Å². The van der Waals surface area contributed by atoms with Crippen LogP contribution in [-0.2, 0) is 4.79 Å². The van der Waals surface area contributed by atoms with Crippen molar-refractivity contribution in [2.24, 2.45) is 5.92 Å². The van der Waals surface area contributed by atoms with Crippen molar-refractivity contribution in [2.75, 3.05) is 23.7 Å². The zero-order valence-corrected chi connectivity index (χ0v) is 13.1. The highest BCUT2D eigenvalue weighted by Crippen LogP contribution is 2.34. The average Bonchev–Trinajstić information content (AvgIpc) is 2.75. The van der Waals surface area contributed by atoms with Gasteiger partial charge in [0.1, 0.15) is 0 Å². The molecule has 0 spiro atoms. The van der Waals surface area contributed by atoms with Crippen LogP contribution in [0.3, 0.4) is 0 Å². The number of amides is 1. The van der Waals surface area contributed by atoms with E-state index < -0.39 is 0 Å². The molecule has 0 saturated carbocycles. The summed E-state index contributed by atoms with van der Waals surface area (Å²) in [5.41, 5.74) is 7.96. The van der Waals surface area contributed by atoms with Crippen LogP contribution < -0.4 is 16.0 Å². The summed E-state index contributed by atoms with van der Waals surface area (Å²) >= 11 is 0. The van der Waals surface area contributed by atoms with E-state index in [1.807, 2.05) is 11.6 Å². The first-order chi connectivity index (χ1) is 9.97. The van der Waals surface area contributed by atoms with Crippen LogP contribution in [0.1, 0.15) is 44.8 Å². The summed E-state index contributed by atoms with van der Waals surface area (Å²) in [4.78, 5) is 13.9. The molecular weight excluding hydrogens is 266 g/mol. The number of aryl methyl sites for hydroxylation is 1. The number of piperidine rings is 2. The molecule has 3 heterocycles. The van der Waals surface area contributed by atoms with Crippen LogP contribution in [0.15, 0.2) is 0 Å². The van der Waals surface area contributed by atoms with Crippen LogP contribution in [0.4, 0.5) is 11.5 Å². The van der Waals surface area contributed by atoms with E-state index in [2.05, 4.69) is 29.2 Å². The summed E-state index contributed by atoms with van der Waals surface area (Å²) in [6, 6.07) is 0.625. The molecule has 2 unspecified atom stereocenters. The highest BCUT2D eigenvalue weighted by atomic mass is 16.1. The van der Waals surface area contributed by atoms with Gasteiger partial charge in [0.2, 0.25) is 5.91 Å². The van der Waals surface area contributed by atoms with Crippen LogP contribution in [-0.4, -0.2) is 34.8 Å². The number of nitrogen functional groups attached to an aromatic ring is 1. The van der Waals surface area contributed by atoms with E-state index in [-0.39, 0.29) is 5.91 Å². The van der Waals surface area contributed by atoms with Crippen molar-refractivity contribution in [3.63, 3.8) is 0 Å². The van der Waals surface area contributed by atoms with Crippen molar-refractivity contribution in [3.05, 3.63) is 5.69 Å². The number of hydrogen-bond donors (Lipinski definition) is 2. The summed E-state index contributed by atoms with van der Waals surface area (Å²) in [7, 11) is 0. The molecule has 2 atom stereocenters. The minimum absolute atomic E-state index is 0.201. The molecule has 0 bridgehead atoms. The molecule has 6 heteroatoms. The first kappa shape index (κ1) is 14.2. The Kier molecular flexibility index (Phi) is 3.55. The fourth-order valence-corrected chi connectivity index (χ4v) is 3.53. The standard InChI is InChI=1S/C15H25N5O/c1-9(2)20-15(14(16)10(3)18-20)19-7-6-12-11(8-19)4-5-13(21)17-12/h9,11-12H,4-8,16H2,1-3H3,(H,17,21). The Hall–Kier alpha value is -1.72. The van der Waals surface area contributed by atoms with E-state index in [4.69, 9.17) is 5.73 Å². The normalized spacial score (nSPS) is 25.9. The van der Waals surface area contributed by atoms with Gasteiger partial charge in [0.05, 0.1) is 11.4 Å². The maximum absolute atomic E-state index is 11.5. The Morgan fingerprint density at radius 2 is 2.14 bits per heavy atom. The number of carbonyl (C=O) groups is 1. The molecule has 1 aromatic rings. The number of rotatable bonds is 2. The quantitative estimate of drug-likeness (QED) is 0.865. The van der Waals surface area contributed by atoms with E-state index in [0.29, 0.717) is 24.4 Å². The average molecular weight is 291 g/mol. The van der Waals surface area contributed by atoms with Gasteiger partial charge >= 0.3 is 0 Å². The molecule has 21 heavy (non-hydrogen) atoms. The van der Waals surface area contributed by atoms with E-state index in [9.17, 15) is 4.79 Å². The van der Waals surface area contributed by atoms with Gasteiger partial charge in [-0.15, -0.1) is 0 Å². The molecule has 2 aliphatic heterocycles. The topological polar surface area (TPSA) is 76.2 Å². The molecular formula is C15H25N5O. The Morgan fingerprint density at radius 1 is 1.38 bits per heavy atom. The second-order valence-corrected chi connectivity index (χ2v) is 6.57. The molecule has 3 rings (SSSR count). The number of nitrogens with zero attached hydrogens (tertiary/aromatic N) is 3. The number of carbonyl (C=O) groups excluding carboxylic acids is 1. The SMILES string of the molecule is Cc1nn(C(C)C)c(N2CCC3NC(=O)CCC3C2)c1N. The highest BCUT2D eigenvalue weighted by Gasteiger charge is 2.35. The van der Waals surface area contributed by atoms with Crippen LogP contribution in [0.25, 0.3) is 0 Å². The van der Waals surface area contributed by atoms with Crippen LogP contribution in [0.2, 0.25) is 0 Å². The summed E-state index contributed by atoms with van der Waals surface area (Å²) in [5, 5.41) is 7.71. The fourth-order valence-electron chi connectivity index (χ4n) is 3.53. The zero-order chi connectivity index (χ0) is 15.1. The van der Waals surface area contributed by atoms with Crippen molar-refractivity contribution < 1.29 is 4.79 Å². The first-order valence-electron chi connectivity index (χ1n) is 7.86. The van der Waals surface area contributed by atoms with Crippen molar-refractivity contribution in [1.82, 2.24) is 15.1 Å². The number of hydrogen-bond acceptors (Lipinski definition) is 4. The molecule has 0 aromatic carbocycles. The predicted octanol–water partition coefficient (Wildman–Crippen LogP) is 1.46. The van der Waals surface area contributed by atoms with Gasteiger partial charge in [-0.3, -0.25) is 4.79 Å². The number of fused-ring (bicyclic) bond motifs is 1. The fraction of sp³-hybridized carbons (Fsp3) is 0.733.